The normalized spacial score (nSPS) is 12.2. The van der Waals surface area contributed by atoms with Gasteiger partial charge in [-0.05, 0) is 42.2 Å². The Morgan fingerprint density at radius 2 is 1.46 bits per heavy atom. The number of hydrogen-bond donors (Lipinski definition) is 1. The summed E-state index contributed by atoms with van der Waals surface area (Å²) in [5.74, 6) is -1.33. The Hall–Kier alpha value is -3.60. The maximum atomic E-state index is 14.0. The van der Waals surface area contributed by atoms with E-state index in [1.54, 1.807) is 36.4 Å². The number of ether oxygens (including phenoxy) is 1. The first-order valence-electron chi connectivity index (χ1n) is 13.6. The molecule has 41 heavy (non-hydrogen) atoms. The van der Waals surface area contributed by atoms with Gasteiger partial charge < -0.3 is 15.0 Å². The molecule has 0 radical (unpaired) electrons. The minimum Gasteiger partial charge on any atom is -0.382 e. The molecule has 0 spiro atoms. The number of nitrogens with zero attached hydrogens (tertiary/aromatic N) is 2. The van der Waals surface area contributed by atoms with Gasteiger partial charge in [0.2, 0.25) is 21.8 Å². The molecule has 0 aliphatic heterocycles. The zero-order valence-electron chi connectivity index (χ0n) is 23.5. The summed E-state index contributed by atoms with van der Waals surface area (Å²) in [7, 11) is -3.78. The van der Waals surface area contributed by atoms with Gasteiger partial charge in [0.05, 0.1) is 12.8 Å². The Balaban J connectivity index is 1.94. The SMILES string of the molecule is CCOCCCNC(=O)[C@@H](Cc1ccccc1)N(Cc1ccc(F)cc1)C(=O)CN(Cc1ccccc1)S(C)(=O)=O. The van der Waals surface area contributed by atoms with Crippen molar-refractivity contribution in [3.63, 3.8) is 0 Å². The van der Waals surface area contributed by atoms with Crippen LogP contribution >= 0.6 is 0 Å². The van der Waals surface area contributed by atoms with Gasteiger partial charge in [-0.3, -0.25) is 9.59 Å². The highest BCUT2D eigenvalue weighted by Crippen LogP contribution is 2.17. The zero-order chi connectivity index (χ0) is 29.7. The largest absolute Gasteiger partial charge is 0.382 e. The smallest absolute Gasteiger partial charge is 0.243 e. The number of rotatable bonds is 16. The number of hydrogen-bond acceptors (Lipinski definition) is 5. The monoisotopic (exact) mass is 583 g/mol. The minimum atomic E-state index is -3.78. The lowest BCUT2D eigenvalue weighted by Crippen LogP contribution is -2.53. The molecule has 0 bridgehead atoms. The van der Waals surface area contributed by atoms with Crippen molar-refractivity contribution in [2.24, 2.45) is 0 Å². The van der Waals surface area contributed by atoms with E-state index in [0.717, 1.165) is 21.7 Å². The van der Waals surface area contributed by atoms with Gasteiger partial charge in [0.1, 0.15) is 11.9 Å². The van der Waals surface area contributed by atoms with Crippen LogP contribution in [0.5, 0.6) is 0 Å². The van der Waals surface area contributed by atoms with E-state index in [4.69, 9.17) is 4.74 Å². The van der Waals surface area contributed by atoms with Gasteiger partial charge in [-0.1, -0.05) is 72.8 Å². The number of benzene rings is 3. The molecule has 0 unspecified atom stereocenters. The first-order chi connectivity index (χ1) is 19.7. The number of amides is 2. The van der Waals surface area contributed by atoms with Crippen LogP contribution in [-0.4, -0.2) is 68.0 Å². The Labute approximate surface area is 242 Å². The standard InChI is InChI=1S/C31H38FN3O5S/c1-3-40-20-10-19-33-31(37)29(21-25-11-6-4-7-12-25)35(23-27-15-17-28(32)18-16-27)30(36)24-34(41(2,38)39)22-26-13-8-5-9-14-26/h4-9,11-18,29H,3,10,19-24H2,1-2H3,(H,33,37)/t29-/m1/s1. The highest BCUT2D eigenvalue weighted by Gasteiger charge is 2.32. The van der Waals surface area contributed by atoms with E-state index >= 15 is 0 Å². The molecule has 0 heterocycles. The summed E-state index contributed by atoms with van der Waals surface area (Å²) in [6.45, 7) is 2.84. The van der Waals surface area contributed by atoms with Gasteiger partial charge in [-0.2, -0.15) is 4.31 Å². The fraction of sp³-hybridized carbons (Fsp3) is 0.355. The van der Waals surface area contributed by atoms with E-state index in [-0.39, 0.29) is 25.4 Å². The third-order valence-corrected chi connectivity index (χ3v) is 7.68. The lowest BCUT2D eigenvalue weighted by Gasteiger charge is -2.33. The average molecular weight is 584 g/mol. The van der Waals surface area contributed by atoms with Crippen molar-refractivity contribution in [1.82, 2.24) is 14.5 Å². The lowest BCUT2D eigenvalue weighted by atomic mass is 10.0. The molecule has 0 aliphatic carbocycles. The van der Waals surface area contributed by atoms with Gasteiger partial charge in [0.25, 0.3) is 0 Å². The van der Waals surface area contributed by atoms with Crippen molar-refractivity contribution in [1.29, 1.82) is 0 Å². The number of nitrogens with one attached hydrogen (secondary N) is 1. The fourth-order valence-corrected chi connectivity index (χ4v) is 5.04. The molecule has 220 valence electrons. The van der Waals surface area contributed by atoms with E-state index in [2.05, 4.69) is 5.32 Å². The molecule has 8 nitrogen and oxygen atoms in total. The van der Waals surface area contributed by atoms with Crippen LogP contribution in [0.2, 0.25) is 0 Å². The van der Waals surface area contributed by atoms with Crippen molar-refractivity contribution in [3.8, 4) is 0 Å². The third kappa shape index (κ3) is 10.7. The second-order valence-corrected chi connectivity index (χ2v) is 11.7. The Bertz CT molecular complexity index is 1340. The van der Waals surface area contributed by atoms with E-state index < -0.39 is 34.3 Å². The molecule has 3 aromatic rings. The van der Waals surface area contributed by atoms with Crippen LogP contribution < -0.4 is 5.32 Å². The van der Waals surface area contributed by atoms with Crippen LogP contribution in [0.25, 0.3) is 0 Å². The predicted molar refractivity (Wildman–Crippen MR) is 157 cm³/mol. The molecule has 3 aromatic carbocycles. The van der Waals surface area contributed by atoms with Gasteiger partial charge >= 0.3 is 0 Å². The van der Waals surface area contributed by atoms with Crippen LogP contribution in [0.15, 0.2) is 84.9 Å². The second kappa shape index (κ2) is 16.0. The number of carbonyl (C=O) groups excluding carboxylic acids is 2. The summed E-state index contributed by atoms with van der Waals surface area (Å²) in [6, 6.07) is 23.0. The predicted octanol–water partition coefficient (Wildman–Crippen LogP) is 3.77. The van der Waals surface area contributed by atoms with Crippen LogP contribution in [-0.2, 0) is 43.9 Å². The average Bonchev–Trinajstić information content (AvgIpc) is 2.96. The molecular formula is C31H38FN3O5S. The van der Waals surface area contributed by atoms with Crippen molar-refractivity contribution in [3.05, 3.63) is 107 Å². The molecule has 1 atom stereocenters. The van der Waals surface area contributed by atoms with Crippen LogP contribution in [0.1, 0.15) is 30.0 Å². The molecule has 10 heteroatoms. The van der Waals surface area contributed by atoms with Crippen LogP contribution in [0.4, 0.5) is 4.39 Å². The topological polar surface area (TPSA) is 96.0 Å². The number of sulfonamides is 1. The first-order valence-corrected chi connectivity index (χ1v) is 15.4. The van der Waals surface area contributed by atoms with E-state index in [1.807, 2.05) is 43.3 Å². The summed E-state index contributed by atoms with van der Waals surface area (Å²) in [5.41, 5.74) is 2.17. The van der Waals surface area contributed by atoms with Gasteiger partial charge in [-0.25, -0.2) is 12.8 Å². The summed E-state index contributed by atoms with van der Waals surface area (Å²) < 4.78 is 45.6. The van der Waals surface area contributed by atoms with E-state index in [9.17, 15) is 22.4 Å². The third-order valence-electron chi connectivity index (χ3n) is 6.49. The van der Waals surface area contributed by atoms with Crippen LogP contribution in [0.3, 0.4) is 0 Å². The number of halogens is 1. The van der Waals surface area contributed by atoms with Crippen molar-refractivity contribution in [2.75, 3.05) is 32.6 Å². The van der Waals surface area contributed by atoms with E-state index in [1.165, 1.54) is 17.0 Å². The quantitative estimate of drug-likeness (QED) is 0.259. The Kier molecular flexibility index (Phi) is 12.5. The van der Waals surface area contributed by atoms with Gasteiger partial charge in [0, 0.05) is 39.3 Å². The van der Waals surface area contributed by atoms with Crippen molar-refractivity contribution < 1.29 is 27.1 Å². The fourth-order valence-electron chi connectivity index (χ4n) is 4.31. The zero-order valence-corrected chi connectivity index (χ0v) is 24.4. The number of carbonyl (C=O) groups is 2. The summed E-state index contributed by atoms with van der Waals surface area (Å²) in [5, 5.41) is 2.91. The highest BCUT2D eigenvalue weighted by atomic mass is 32.2. The van der Waals surface area contributed by atoms with E-state index in [0.29, 0.717) is 31.7 Å². The Morgan fingerprint density at radius 3 is 2.05 bits per heavy atom. The molecule has 0 aromatic heterocycles. The maximum Gasteiger partial charge on any atom is 0.243 e. The Morgan fingerprint density at radius 1 is 0.878 bits per heavy atom. The molecule has 3 rings (SSSR count). The molecule has 0 fully saturated rings. The lowest BCUT2D eigenvalue weighted by molar-refractivity contribution is -0.141. The van der Waals surface area contributed by atoms with Crippen molar-refractivity contribution >= 4 is 21.8 Å². The highest BCUT2D eigenvalue weighted by molar-refractivity contribution is 7.88. The van der Waals surface area contributed by atoms with Gasteiger partial charge in [-0.15, -0.1) is 0 Å². The summed E-state index contributed by atoms with van der Waals surface area (Å²) >= 11 is 0. The molecule has 2 amide bonds. The molecular weight excluding hydrogens is 545 g/mol. The summed E-state index contributed by atoms with van der Waals surface area (Å²) in [6.07, 6.45) is 1.87. The second-order valence-electron chi connectivity index (χ2n) is 9.71. The minimum absolute atomic E-state index is 0.00276. The maximum absolute atomic E-state index is 14.0. The summed E-state index contributed by atoms with van der Waals surface area (Å²) in [4.78, 5) is 29.0. The molecule has 0 saturated carbocycles. The molecule has 1 N–H and O–H groups in total. The molecule has 0 saturated heterocycles. The van der Waals surface area contributed by atoms with Crippen molar-refractivity contribution in [2.45, 2.75) is 38.9 Å². The van der Waals surface area contributed by atoms with Crippen LogP contribution in [0, 0.1) is 5.82 Å². The molecule has 0 aliphatic rings. The van der Waals surface area contributed by atoms with Gasteiger partial charge in [0.15, 0.2) is 0 Å². The first kappa shape index (κ1) is 31.9.